The number of esters is 3. The number of carbonyl (C=O) groups is 3. The molecule has 0 rings (SSSR count). The lowest BCUT2D eigenvalue weighted by Crippen LogP contribution is -2.30. The smallest absolute Gasteiger partial charge is 0.306 e. The molecule has 0 radical (unpaired) electrons. The van der Waals surface area contributed by atoms with E-state index in [0.29, 0.717) is 19.3 Å². The molecule has 0 aliphatic rings. The van der Waals surface area contributed by atoms with Crippen molar-refractivity contribution in [1.29, 1.82) is 0 Å². The third-order valence-electron chi connectivity index (χ3n) is 11.1. The highest BCUT2D eigenvalue weighted by molar-refractivity contribution is 5.71. The van der Waals surface area contributed by atoms with Gasteiger partial charge >= 0.3 is 17.9 Å². The van der Waals surface area contributed by atoms with Crippen molar-refractivity contribution in [2.24, 2.45) is 0 Å². The summed E-state index contributed by atoms with van der Waals surface area (Å²) in [4.78, 5) is 37.9. The van der Waals surface area contributed by atoms with Gasteiger partial charge in [0, 0.05) is 19.3 Å². The molecule has 6 nitrogen and oxygen atoms in total. The van der Waals surface area contributed by atoms with Gasteiger partial charge in [-0.2, -0.15) is 0 Å². The number of hydrogen-bond acceptors (Lipinski definition) is 6. The molecule has 0 aliphatic heterocycles. The summed E-state index contributed by atoms with van der Waals surface area (Å²) in [5.41, 5.74) is 0. The van der Waals surface area contributed by atoms with E-state index in [9.17, 15) is 14.4 Å². The molecule has 6 heteroatoms. The molecule has 0 fully saturated rings. The lowest BCUT2D eigenvalue weighted by molar-refractivity contribution is -0.167. The molecule has 0 aromatic carbocycles. The van der Waals surface area contributed by atoms with E-state index < -0.39 is 6.10 Å². The van der Waals surface area contributed by atoms with Gasteiger partial charge in [-0.3, -0.25) is 14.4 Å². The number of ether oxygens (including phenoxy) is 3. The summed E-state index contributed by atoms with van der Waals surface area (Å²) >= 11 is 0. The molecule has 0 saturated carbocycles. The van der Waals surface area contributed by atoms with Crippen LogP contribution in [0.5, 0.6) is 0 Å². The second-order valence-electron chi connectivity index (χ2n) is 17.4. The van der Waals surface area contributed by atoms with E-state index in [1.54, 1.807) is 0 Å². The fourth-order valence-electron chi connectivity index (χ4n) is 7.07. The second kappa shape index (κ2) is 52.9. The molecule has 0 amide bonds. The molecule has 65 heavy (non-hydrogen) atoms. The predicted molar refractivity (Wildman–Crippen MR) is 279 cm³/mol. The Balaban J connectivity index is 4.26. The lowest BCUT2D eigenvalue weighted by atomic mass is 10.1. The quantitative estimate of drug-likeness (QED) is 0.0262. The molecular weight excluding hydrogens is 805 g/mol. The van der Waals surface area contributed by atoms with E-state index in [1.165, 1.54) is 57.8 Å². The van der Waals surface area contributed by atoms with Crippen LogP contribution < -0.4 is 0 Å². The number of allylic oxidation sites excluding steroid dienone is 16. The normalized spacial score (nSPS) is 12.8. The van der Waals surface area contributed by atoms with Gasteiger partial charge in [0.25, 0.3) is 0 Å². The van der Waals surface area contributed by atoms with Gasteiger partial charge in [-0.05, 0) is 96.3 Å². The first-order valence-corrected chi connectivity index (χ1v) is 26.7. The van der Waals surface area contributed by atoms with Gasteiger partial charge in [-0.15, -0.1) is 0 Å². The van der Waals surface area contributed by atoms with Gasteiger partial charge in [0.1, 0.15) is 13.2 Å². The third-order valence-corrected chi connectivity index (χ3v) is 11.1. The summed E-state index contributed by atoms with van der Waals surface area (Å²) in [6.07, 6.45) is 69.8. The average molecular weight is 903 g/mol. The predicted octanol–water partition coefficient (Wildman–Crippen LogP) is 17.8. The highest BCUT2D eigenvalue weighted by Crippen LogP contribution is 2.14. The van der Waals surface area contributed by atoms with Gasteiger partial charge in [-0.25, -0.2) is 0 Å². The Bertz CT molecular complexity index is 1310. The van der Waals surface area contributed by atoms with Crippen molar-refractivity contribution < 1.29 is 28.6 Å². The summed E-state index contributed by atoms with van der Waals surface area (Å²) in [5.74, 6) is -0.922. The van der Waals surface area contributed by atoms with Crippen LogP contribution in [0.2, 0.25) is 0 Å². The average Bonchev–Trinajstić information content (AvgIpc) is 3.30. The molecule has 370 valence electrons. The van der Waals surface area contributed by atoms with Crippen LogP contribution in [0, 0.1) is 0 Å². The number of hydrogen-bond donors (Lipinski definition) is 0. The maximum atomic E-state index is 12.7. The first kappa shape index (κ1) is 61.3. The maximum absolute atomic E-state index is 12.7. The van der Waals surface area contributed by atoms with Crippen molar-refractivity contribution in [3.8, 4) is 0 Å². The Morgan fingerprint density at radius 3 is 1.02 bits per heavy atom. The van der Waals surface area contributed by atoms with Crippen LogP contribution in [0.3, 0.4) is 0 Å². The van der Waals surface area contributed by atoms with Gasteiger partial charge in [0.05, 0.1) is 0 Å². The van der Waals surface area contributed by atoms with Gasteiger partial charge in [-0.1, -0.05) is 221 Å². The standard InChI is InChI=1S/C59H98O6/c1-4-7-10-13-16-19-22-23-24-25-26-27-28-29-30-31-32-33-34-35-36-37-38-41-43-46-49-52-58(61)64-55-56(65-59(62)53-50-47-44-40-21-18-15-12-9-6-3)54-63-57(60)51-48-45-42-39-20-17-14-11-8-5-2/h7,10,12,15-16,19,23-24,26-27,29-30,32-33,35-36,56H,4-6,8-9,11,13-14,17-18,20-22,25,28,31,34,37-55H2,1-3H3/b10-7-,15-12-,19-16-,24-23-,27-26-,30-29-,33-32-,36-35-. The monoisotopic (exact) mass is 903 g/mol. The molecule has 1 atom stereocenters. The van der Waals surface area contributed by atoms with Crippen molar-refractivity contribution in [2.75, 3.05) is 13.2 Å². The largest absolute Gasteiger partial charge is 0.462 e. The zero-order valence-electron chi connectivity index (χ0n) is 42.2. The van der Waals surface area contributed by atoms with Crippen LogP contribution in [0.4, 0.5) is 0 Å². The van der Waals surface area contributed by atoms with Crippen LogP contribution >= 0.6 is 0 Å². The second-order valence-corrected chi connectivity index (χ2v) is 17.4. The van der Waals surface area contributed by atoms with Crippen LogP contribution in [0.25, 0.3) is 0 Å². The Kier molecular flexibility index (Phi) is 50.0. The summed E-state index contributed by atoms with van der Waals surface area (Å²) < 4.78 is 16.7. The Morgan fingerprint density at radius 2 is 0.631 bits per heavy atom. The number of carbonyl (C=O) groups excluding carboxylic acids is 3. The highest BCUT2D eigenvalue weighted by atomic mass is 16.6. The first-order valence-electron chi connectivity index (χ1n) is 26.7. The fraction of sp³-hybridized carbons (Fsp3) is 0.678. The molecule has 0 bridgehead atoms. The van der Waals surface area contributed by atoms with E-state index in [1.807, 2.05) is 0 Å². The molecule has 0 spiro atoms. The van der Waals surface area contributed by atoms with Crippen molar-refractivity contribution in [3.63, 3.8) is 0 Å². The van der Waals surface area contributed by atoms with Crippen molar-refractivity contribution in [1.82, 2.24) is 0 Å². The fourth-order valence-corrected chi connectivity index (χ4v) is 7.07. The van der Waals surface area contributed by atoms with E-state index in [-0.39, 0.29) is 31.1 Å². The summed E-state index contributed by atoms with van der Waals surface area (Å²) in [6, 6.07) is 0. The zero-order chi connectivity index (χ0) is 47.2. The number of rotatable bonds is 47. The van der Waals surface area contributed by atoms with Crippen LogP contribution in [0.1, 0.15) is 239 Å². The molecule has 0 N–H and O–H groups in total. The summed E-state index contributed by atoms with van der Waals surface area (Å²) in [7, 11) is 0. The minimum atomic E-state index is -0.787. The molecule has 1 unspecified atom stereocenters. The molecular formula is C59H98O6. The summed E-state index contributed by atoms with van der Waals surface area (Å²) in [6.45, 7) is 6.42. The minimum absolute atomic E-state index is 0.0863. The van der Waals surface area contributed by atoms with E-state index in [4.69, 9.17) is 14.2 Å². The van der Waals surface area contributed by atoms with Gasteiger partial charge < -0.3 is 14.2 Å². The lowest BCUT2D eigenvalue weighted by Gasteiger charge is -2.18. The molecule has 0 aliphatic carbocycles. The summed E-state index contributed by atoms with van der Waals surface area (Å²) in [5, 5.41) is 0. The van der Waals surface area contributed by atoms with Crippen molar-refractivity contribution in [2.45, 2.75) is 245 Å². The zero-order valence-corrected chi connectivity index (χ0v) is 42.2. The molecule has 0 aromatic rings. The van der Waals surface area contributed by atoms with Gasteiger partial charge in [0.2, 0.25) is 0 Å². The highest BCUT2D eigenvalue weighted by Gasteiger charge is 2.19. The van der Waals surface area contributed by atoms with E-state index >= 15 is 0 Å². The Hall–Kier alpha value is -3.67. The number of unbranched alkanes of at least 4 members (excludes halogenated alkanes) is 20. The Morgan fingerprint density at radius 1 is 0.323 bits per heavy atom. The van der Waals surface area contributed by atoms with Crippen molar-refractivity contribution in [3.05, 3.63) is 97.2 Å². The maximum Gasteiger partial charge on any atom is 0.306 e. The van der Waals surface area contributed by atoms with E-state index in [2.05, 4.69) is 118 Å². The molecule has 0 aromatic heterocycles. The third kappa shape index (κ3) is 51.2. The SMILES string of the molecule is CC/C=C\C/C=C\C/C=C\C/C=C\C/C=C\C/C=C\C/C=C\CCCCCCCC(=O)OCC(COC(=O)CCCCCCCCCCCC)OC(=O)CCCCCCC/C=C\CCC. The Labute approximate surface area is 400 Å². The minimum Gasteiger partial charge on any atom is -0.462 e. The molecule has 0 saturated heterocycles. The first-order chi connectivity index (χ1) is 32.0. The van der Waals surface area contributed by atoms with Crippen molar-refractivity contribution >= 4 is 17.9 Å². The van der Waals surface area contributed by atoms with Crippen LogP contribution in [0.15, 0.2) is 97.2 Å². The van der Waals surface area contributed by atoms with Gasteiger partial charge in [0.15, 0.2) is 6.10 Å². The van der Waals surface area contributed by atoms with Crippen LogP contribution in [-0.2, 0) is 28.6 Å². The molecule has 0 heterocycles. The van der Waals surface area contributed by atoms with E-state index in [0.717, 1.165) is 141 Å². The van der Waals surface area contributed by atoms with Crippen LogP contribution in [-0.4, -0.2) is 37.2 Å². The topological polar surface area (TPSA) is 78.9 Å².